The molecule has 1 atom stereocenters. The van der Waals surface area contributed by atoms with Gasteiger partial charge in [-0.15, -0.1) is 0 Å². The first kappa shape index (κ1) is 16.6. The van der Waals surface area contributed by atoms with Gasteiger partial charge < -0.3 is 15.3 Å². The monoisotopic (exact) mass is 310 g/mol. The van der Waals surface area contributed by atoms with Crippen LogP contribution in [0.15, 0.2) is 18.2 Å². The summed E-state index contributed by atoms with van der Waals surface area (Å²) in [4.78, 5) is 2.34. The molecule has 1 heterocycles. The van der Waals surface area contributed by atoms with Crippen LogP contribution in [0.3, 0.4) is 0 Å². The van der Waals surface area contributed by atoms with Crippen molar-refractivity contribution < 1.29 is 5.11 Å². The van der Waals surface area contributed by atoms with Gasteiger partial charge in [0.2, 0.25) is 0 Å². The lowest BCUT2D eigenvalue weighted by atomic mass is 10.00. The van der Waals surface area contributed by atoms with Gasteiger partial charge in [0, 0.05) is 29.4 Å². The number of nitrogens with zero attached hydrogens (tertiary/aromatic N) is 1. The van der Waals surface area contributed by atoms with E-state index in [1.807, 2.05) is 12.1 Å². The number of aliphatic hydroxyl groups excluding tert-OH is 1. The van der Waals surface area contributed by atoms with Gasteiger partial charge in [0.25, 0.3) is 0 Å². The Morgan fingerprint density at radius 3 is 2.90 bits per heavy atom. The molecule has 0 aliphatic carbocycles. The predicted octanol–water partition coefficient (Wildman–Crippen LogP) is 3.44. The zero-order valence-electron chi connectivity index (χ0n) is 13.1. The molecule has 3 nitrogen and oxygen atoms in total. The topological polar surface area (TPSA) is 35.5 Å². The Bertz CT molecular complexity index is 450. The average Bonchev–Trinajstić information content (AvgIpc) is 2.48. The molecule has 1 unspecified atom stereocenters. The Hall–Kier alpha value is -0.770. The second-order valence-corrected chi connectivity index (χ2v) is 6.70. The number of aliphatic hydroxyl groups is 1. The second kappa shape index (κ2) is 8.02. The fourth-order valence-electron chi connectivity index (χ4n) is 2.98. The van der Waals surface area contributed by atoms with Crippen LogP contribution in [-0.4, -0.2) is 30.8 Å². The Morgan fingerprint density at radius 2 is 2.19 bits per heavy atom. The van der Waals surface area contributed by atoms with E-state index in [0.29, 0.717) is 5.92 Å². The van der Waals surface area contributed by atoms with Gasteiger partial charge in [0.15, 0.2) is 0 Å². The van der Waals surface area contributed by atoms with Gasteiger partial charge in [0.1, 0.15) is 0 Å². The summed E-state index contributed by atoms with van der Waals surface area (Å²) < 4.78 is 0. The smallest absolute Gasteiger partial charge is 0.0635 e. The average molecular weight is 311 g/mol. The first-order valence-electron chi connectivity index (χ1n) is 7.99. The molecular weight excluding hydrogens is 284 g/mol. The summed E-state index contributed by atoms with van der Waals surface area (Å²) >= 11 is 6.43. The van der Waals surface area contributed by atoms with Crippen LogP contribution in [0, 0.1) is 5.92 Å². The van der Waals surface area contributed by atoms with Crippen LogP contribution in [0.1, 0.15) is 38.7 Å². The molecule has 118 valence electrons. The van der Waals surface area contributed by atoms with Crippen molar-refractivity contribution in [3.63, 3.8) is 0 Å². The molecule has 1 aliphatic heterocycles. The molecule has 21 heavy (non-hydrogen) atoms. The van der Waals surface area contributed by atoms with E-state index >= 15 is 0 Å². The fraction of sp³-hybridized carbons (Fsp3) is 0.647. The summed E-state index contributed by atoms with van der Waals surface area (Å²) in [5, 5.41) is 13.9. The number of benzene rings is 1. The highest BCUT2D eigenvalue weighted by molar-refractivity contribution is 6.31. The van der Waals surface area contributed by atoms with Gasteiger partial charge in [-0.1, -0.05) is 31.5 Å². The molecule has 1 fully saturated rings. The molecule has 1 aromatic carbocycles. The van der Waals surface area contributed by atoms with Gasteiger partial charge in [-0.3, -0.25) is 0 Å². The van der Waals surface area contributed by atoms with Crippen LogP contribution in [-0.2, 0) is 6.54 Å². The lowest BCUT2D eigenvalue weighted by molar-refractivity contribution is 0.240. The maximum atomic E-state index is 9.64. The number of nitrogens with one attached hydrogen (secondary N) is 1. The minimum atomic E-state index is 0.214. The zero-order chi connectivity index (χ0) is 15.2. The molecule has 2 rings (SSSR count). The second-order valence-electron chi connectivity index (χ2n) is 6.29. The fourth-order valence-corrected chi connectivity index (χ4v) is 3.22. The Kier molecular flexibility index (Phi) is 6.34. The van der Waals surface area contributed by atoms with E-state index in [4.69, 9.17) is 11.6 Å². The Morgan fingerprint density at radius 1 is 1.38 bits per heavy atom. The largest absolute Gasteiger partial charge is 0.394 e. The van der Waals surface area contributed by atoms with Gasteiger partial charge >= 0.3 is 0 Å². The molecule has 0 radical (unpaired) electrons. The van der Waals surface area contributed by atoms with Gasteiger partial charge in [-0.25, -0.2) is 0 Å². The number of anilines is 1. The van der Waals surface area contributed by atoms with E-state index in [1.165, 1.54) is 18.5 Å². The molecule has 0 amide bonds. The number of rotatable bonds is 6. The summed E-state index contributed by atoms with van der Waals surface area (Å²) in [6, 6.07) is 6.31. The molecule has 2 N–H and O–H groups in total. The summed E-state index contributed by atoms with van der Waals surface area (Å²) in [5.41, 5.74) is 2.33. The SMILES string of the molecule is CC(C)CNCc1c(Cl)cccc1N1CCCCC1CO. The molecule has 1 aromatic rings. The number of piperidine rings is 1. The van der Waals surface area contributed by atoms with Gasteiger partial charge in [0.05, 0.1) is 12.6 Å². The van der Waals surface area contributed by atoms with Crippen LogP contribution in [0.2, 0.25) is 5.02 Å². The Balaban J connectivity index is 2.19. The quantitative estimate of drug-likeness (QED) is 0.845. The van der Waals surface area contributed by atoms with Crippen molar-refractivity contribution in [1.82, 2.24) is 5.32 Å². The van der Waals surface area contributed by atoms with Crippen LogP contribution in [0.25, 0.3) is 0 Å². The molecule has 1 aliphatic rings. The van der Waals surface area contributed by atoms with Crippen molar-refractivity contribution in [3.8, 4) is 0 Å². The predicted molar refractivity (Wildman–Crippen MR) is 90.1 cm³/mol. The summed E-state index contributed by atoms with van der Waals surface area (Å²) in [5.74, 6) is 0.621. The lowest BCUT2D eigenvalue weighted by Crippen LogP contribution is -2.42. The van der Waals surface area contributed by atoms with Crippen molar-refractivity contribution in [2.45, 2.75) is 45.7 Å². The van der Waals surface area contributed by atoms with Crippen LogP contribution in [0.4, 0.5) is 5.69 Å². The number of hydrogen-bond acceptors (Lipinski definition) is 3. The third kappa shape index (κ3) is 4.35. The van der Waals surface area contributed by atoms with E-state index < -0.39 is 0 Å². The first-order valence-corrected chi connectivity index (χ1v) is 8.37. The zero-order valence-corrected chi connectivity index (χ0v) is 13.9. The first-order chi connectivity index (χ1) is 10.1. The minimum Gasteiger partial charge on any atom is -0.394 e. The maximum absolute atomic E-state index is 9.64. The molecule has 0 saturated carbocycles. The maximum Gasteiger partial charge on any atom is 0.0635 e. The minimum absolute atomic E-state index is 0.214. The van der Waals surface area contributed by atoms with Gasteiger partial charge in [-0.05, 0) is 43.9 Å². The molecule has 1 saturated heterocycles. The van der Waals surface area contributed by atoms with Crippen molar-refractivity contribution in [2.75, 3.05) is 24.6 Å². The molecule has 0 spiro atoms. The normalized spacial score (nSPS) is 19.3. The summed E-state index contributed by atoms with van der Waals surface area (Å²) in [6.07, 6.45) is 3.44. The highest BCUT2D eigenvalue weighted by Gasteiger charge is 2.24. The van der Waals surface area contributed by atoms with E-state index in [0.717, 1.165) is 36.6 Å². The van der Waals surface area contributed by atoms with Crippen LogP contribution < -0.4 is 10.2 Å². The van der Waals surface area contributed by atoms with Gasteiger partial charge in [-0.2, -0.15) is 0 Å². The van der Waals surface area contributed by atoms with E-state index in [-0.39, 0.29) is 12.6 Å². The van der Waals surface area contributed by atoms with Crippen molar-refractivity contribution in [1.29, 1.82) is 0 Å². The summed E-state index contributed by atoms with van der Waals surface area (Å²) in [7, 11) is 0. The standard InChI is InChI=1S/C17H27ClN2O/c1-13(2)10-19-11-15-16(18)7-5-8-17(15)20-9-4-3-6-14(20)12-21/h5,7-8,13-14,19,21H,3-4,6,9-12H2,1-2H3. The number of halogens is 1. The molecule has 4 heteroatoms. The lowest BCUT2D eigenvalue weighted by Gasteiger charge is -2.38. The third-order valence-corrected chi connectivity index (χ3v) is 4.45. The van der Waals surface area contributed by atoms with Crippen molar-refractivity contribution in [3.05, 3.63) is 28.8 Å². The van der Waals surface area contributed by atoms with E-state index in [2.05, 4.69) is 30.1 Å². The van der Waals surface area contributed by atoms with Crippen molar-refractivity contribution >= 4 is 17.3 Å². The molecule has 0 aromatic heterocycles. The van der Waals surface area contributed by atoms with Crippen LogP contribution >= 0.6 is 11.6 Å². The molecular formula is C17H27ClN2O. The van der Waals surface area contributed by atoms with Crippen molar-refractivity contribution in [2.24, 2.45) is 5.92 Å². The highest BCUT2D eigenvalue weighted by atomic mass is 35.5. The number of hydrogen-bond donors (Lipinski definition) is 2. The van der Waals surface area contributed by atoms with E-state index in [9.17, 15) is 5.11 Å². The highest BCUT2D eigenvalue weighted by Crippen LogP contribution is 2.32. The molecule has 0 bridgehead atoms. The third-order valence-electron chi connectivity index (χ3n) is 4.10. The summed E-state index contributed by atoms with van der Waals surface area (Å²) in [6.45, 7) is 7.38. The van der Waals surface area contributed by atoms with Crippen LogP contribution in [0.5, 0.6) is 0 Å². The van der Waals surface area contributed by atoms with E-state index in [1.54, 1.807) is 0 Å². The Labute approximate surface area is 133 Å².